The van der Waals surface area contributed by atoms with Crippen LogP contribution in [0.5, 0.6) is 0 Å². The second-order valence-electron chi connectivity index (χ2n) is 6.36. The van der Waals surface area contributed by atoms with Crippen LogP contribution in [0.4, 0.5) is 4.79 Å². The molecule has 2 heterocycles. The van der Waals surface area contributed by atoms with Crippen LogP contribution in [0.15, 0.2) is 28.8 Å². The molecule has 8 heteroatoms. The molecule has 1 aromatic heterocycles. The fourth-order valence-corrected chi connectivity index (χ4v) is 2.80. The highest BCUT2D eigenvalue weighted by Crippen LogP contribution is 2.16. The largest absolute Gasteiger partial charge is 0.383 e. The van der Waals surface area contributed by atoms with Gasteiger partial charge in [0.2, 0.25) is 11.7 Å². The van der Waals surface area contributed by atoms with E-state index in [0.29, 0.717) is 31.4 Å². The highest BCUT2D eigenvalue weighted by molar-refractivity contribution is 5.74. The Morgan fingerprint density at radius 1 is 1.23 bits per heavy atom. The van der Waals surface area contributed by atoms with Gasteiger partial charge in [0.1, 0.15) is 0 Å². The molecule has 0 aliphatic carbocycles. The third kappa shape index (κ3) is 4.80. The molecule has 26 heavy (non-hydrogen) atoms. The number of aromatic nitrogens is 2. The molecule has 1 aliphatic heterocycles. The minimum atomic E-state index is -0.105. The Hall–Kier alpha value is -2.45. The summed E-state index contributed by atoms with van der Waals surface area (Å²) in [6, 6.07) is 7.79. The summed E-state index contributed by atoms with van der Waals surface area (Å²) in [7, 11) is 1.70. The van der Waals surface area contributed by atoms with Crippen molar-refractivity contribution in [2.75, 3.05) is 46.4 Å². The van der Waals surface area contributed by atoms with E-state index < -0.39 is 0 Å². The maximum atomic E-state index is 12.3. The molecule has 1 aliphatic rings. The number of hydrogen-bond acceptors (Lipinski definition) is 6. The molecule has 0 unspecified atom stereocenters. The van der Waals surface area contributed by atoms with Crippen molar-refractivity contribution in [3.8, 4) is 11.4 Å². The first-order valence-electron chi connectivity index (χ1n) is 8.79. The summed E-state index contributed by atoms with van der Waals surface area (Å²) >= 11 is 0. The Kier molecular flexibility index (Phi) is 6.19. The Labute approximate surface area is 153 Å². The molecular formula is C18H25N5O3. The summed E-state index contributed by atoms with van der Waals surface area (Å²) in [5.41, 5.74) is 2.07. The number of amides is 2. The van der Waals surface area contributed by atoms with Gasteiger partial charge < -0.3 is 19.5 Å². The molecule has 1 saturated heterocycles. The van der Waals surface area contributed by atoms with Crippen LogP contribution in [0.1, 0.15) is 11.5 Å². The van der Waals surface area contributed by atoms with E-state index in [1.54, 1.807) is 12.0 Å². The predicted octanol–water partition coefficient (Wildman–Crippen LogP) is 1.52. The van der Waals surface area contributed by atoms with Crippen LogP contribution in [-0.4, -0.2) is 72.4 Å². The molecule has 2 amide bonds. The van der Waals surface area contributed by atoms with Gasteiger partial charge in [0.25, 0.3) is 0 Å². The Bertz CT molecular complexity index is 708. The normalized spacial score (nSPS) is 15.2. The maximum Gasteiger partial charge on any atom is 0.317 e. The van der Waals surface area contributed by atoms with Crippen molar-refractivity contribution in [1.29, 1.82) is 0 Å². The lowest BCUT2D eigenvalue weighted by molar-refractivity contribution is 0.105. The van der Waals surface area contributed by atoms with E-state index in [2.05, 4.69) is 20.4 Å². The SMILES string of the molecule is COCCN1CCN(C(=O)NCc2nc(-c3ccc(C)cc3)no2)CC1. The molecule has 1 N–H and O–H groups in total. The lowest BCUT2D eigenvalue weighted by Crippen LogP contribution is -2.52. The minimum absolute atomic E-state index is 0.105. The summed E-state index contributed by atoms with van der Waals surface area (Å²) in [6.45, 7) is 6.98. The van der Waals surface area contributed by atoms with Crippen molar-refractivity contribution in [3.63, 3.8) is 0 Å². The van der Waals surface area contributed by atoms with Crippen LogP contribution in [0.2, 0.25) is 0 Å². The van der Waals surface area contributed by atoms with Gasteiger partial charge in [-0.15, -0.1) is 0 Å². The highest BCUT2D eigenvalue weighted by Gasteiger charge is 2.21. The third-order valence-electron chi connectivity index (χ3n) is 4.44. The summed E-state index contributed by atoms with van der Waals surface area (Å²) in [6.07, 6.45) is 0. The maximum absolute atomic E-state index is 12.3. The summed E-state index contributed by atoms with van der Waals surface area (Å²) in [5, 5.41) is 6.82. The third-order valence-corrected chi connectivity index (χ3v) is 4.44. The zero-order valence-corrected chi connectivity index (χ0v) is 15.3. The second kappa shape index (κ2) is 8.77. The van der Waals surface area contributed by atoms with Crippen molar-refractivity contribution in [3.05, 3.63) is 35.7 Å². The fourth-order valence-electron chi connectivity index (χ4n) is 2.80. The molecule has 3 rings (SSSR count). The number of carbonyl (C=O) groups is 1. The van der Waals surface area contributed by atoms with Crippen molar-refractivity contribution < 1.29 is 14.1 Å². The van der Waals surface area contributed by atoms with Gasteiger partial charge in [0.05, 0.1) is 13.2 Å². The Morgan fingerprint density at radius 2 is 1.96 bits per heavy atom. The second-order valence-corrected chi connectivity index (χ2v) is 6.36. The molecule has 0 radical (unpaired) electrons. The minimum Gasteiger partial charge on any atom is -0.383 e. The number of benzene rings is 1. The lowest BCUT2D eigenvalue weighted by atomic mass is 10.1. The van der Waals surface area contributed by atoms with Gasteiger partial charge in [-0.05, 0) is 6.92 Å². The van der Waals surface area contributed by atoms with Crippen LogP contribution in [0.25, 0.3) is 11.4 Å². The number of rotatable bonds is 6. The molecule has 0 saturated carbocycles. The number of urea groups is 1. The number of piperazine rings is 1. The van der Waals surface area contributed by atoms with Gasteiger partial charge in [0.15, 0.2) is 0 Å². The molecule has 140 valence electrons. The van der Waals surface area contributed by atoms with E-state index in [1.165, 1.54) is 5.56 Å². The molecule has 1 fully saturated rings. The average molecular weight is 359 g/mol. The van der Waals surface area contributed by atoms with Crippen LogP contribution in [0, 0.1) is 6.92 Å². The smallest absolute Gasteiger partial charge is 0.317 e. The van der Waals surface area contributed by atoms with Gasteiger partial charge in [-0.1, -0.05) is 35.0 Å². The summed E-state index contributed by atoms with van der Waals surface area (Å²) in [4.78, 5) is 20.7. The molecule has 8 nitrogen and oxygen atoms in total. The Morgan fingerprint density at radius 3 is 2.65 bits per heavy atom. The number of aryl methyl sites for hydroxylation is 1. The topological polar surface area (TPSA) is 83.7 Å². The number of hydrogen-bond donors (Lipinski definition) is 1. The van der Waals surface area contributed by atoms with E-state index in [4.69, 9.17) is 9.26 Å². The number of ether oxygens (including phenoxy) is 1. The summed E-state index contributed by atoms with van der Waals surface area (Å²) < 4.78 is 10.3. The number of nitrogens with zero attached hydrogens (tertiary/aromatic N) is 4. The molecule has 0 spiro atoms. The van der Waals surface area contributed by atoms with E-state index in [1.807, 2.05) is 31.2 Å². The lowest BCUT2D eigenvalue weighted by Gasteiger charge is -2.34. The zero-order chi connectivity index (χ0) is 18.4. The molecule has 0 atom stereocenters. The molecular weight excluding hydrogens is 334 g/mol. The van der Waals surface area contributed by atoms with Crippen LogP contribution < -0.4 is 5.32 Å². The van der Waals surface area contributed by atoms with Gasteiger partial charge in [-0.3, -0.25) is 4.90 Å². The quantitative estimate of drug-likeness (QED) is 0.842. The zero-order valence-electron chi connectivity index (χ0n) is 15.3. The molecule has 2 aromatic rings. The van der Waals surface area contributed by atoms with Crippen molar-refractivity contribution in [1.82, 2.24) is 25.3 Å². The highest BCUT2D eigenvalue weighted by atomic mass is 16.5. The predicted molar refractivity (Wildman–Crippen MR) is 96.6 cm³/mol. The summed E-state index contributed by atoms with van der Waals surface area (Å²) in [5.74, 6) is 0.925. The van der Waals surface area contributed by atoms with Gasteiger partial charge in [-0.25, -0.2) is 4.79 Å². The van der Waals surface area contributed by atoms with Crippen LogP contribution in [-0.2, 0) is 11.3 Å². The standard InChI is InChI=1S/C18H25N5O3/c1-14-3-5-15(6-4-14)17-20-16(26-21-17)13-19-18(24)23-9-7-22(8-10-23)11-12-25-2/h3-6H,7-13H2,1-2H3,(H,19,24). The Balaban J connectivity index is 1.46. The number of nitrogens with one attached hydrogen (secondary N) is 1. The van der Waals surface area contributed by atoms with Crippen molar-refractivity contribution >= 4 is 6.03 Å². The monoisotopic (exact) mass is 359 g/mol. The number of carbonyl (C=O) groups excluding carboxylic acids is 1. The fraction of sp³-hybridized carbons (Fsp3) is 0.500. The molecule has 1 aromatic carbocycles. The number of methoxy groups -OCH3 is 1. The van der Waals surface area contributed by atoms with E-state index in [-0.39, 0.29) is 12.6 Å². The van der Waals surface area contributed by atoms with Crippen molar-refractivity contribution in [2.24, 2.45) is 0 Å². The van der Waals surface area contributed by atoms with Gasteiger partial charge in [0, 0.05) is 45.4 Å². The van der Waals surface area contributed by atoms with E-state index in [0.717, 1.165) is 25.2 Å². The van der Waals surface area contributed by atoms with Gasteiger partial charge >= 0.3 is 6.03 Å². The molecule has 0 bridgehead atoms. The first-order valence-corrected chi connectivity index (χ1v) is 8.79. The van der Waals surface area contributed by atoms with E-state index >= 15 is 0 Å². The van der Waals surface area contributed by atoms with Crippen LogP contribution in [0.3, 0.4) is 0 Å². The first kappa shape index (κ1) is 18.3. The van der Waals surface area contributed by atoms with Crippen LogP contribution >= 0.6 is 0 Å². The average Bonchev–Trinajstić information content (AvgIpc) is 3.14. The first-order chi connectivity index (χ1) is 12.7. The van der Waals surface area contributed by atoms with E-state index in [9.17, 15) is 4.79 Å². The van der Waals surface area contributed by atoms with Crippen molar-refractivity contribution in [2.45, 2.75) is 13.5 Å². The van der Waals surface area contributed by atoms with Gasteiger partial charge in [-0.2, -0.15) is 4.98 Å².